The summed E-state index contributed by atoms with van der Waals surface area (Å²) in [6, 6.07) is 18.3. The van der Waals surface area contributed by atoms with Gasteiger partial charge in [0.2, 0.25) is 0 Å². The number of benzene rings is 3. The van der Waals surface area contributed by atoms with Crippen LogP contribution in [-0.2, 0) is 26.3 Å². The van der Waals surface area contributed by atoms with Crippen molar-refractivity contribution in [3.63, 3.8) is 0 Å². The molecular formula is C26H30N4O5S2. The molecule has 1 aliphatic heterocycles. The van der Waals surface area contributed by atoms with Gasteiger partial charge in [-0.2, -0.15) is 0 Å². The molecule has 0 saturated carbocycles. The third-order valence-corrected chi connectivity index (χ3v) is 8.61. The average Bonchev–Trinajstić information content (AvgIpc) is 3.22. The molecule has 4 rings (SSSR count). The van der Waals surface area contributed by atoms with Gasteiger partial charge in [-0.15, -0.1) is 0 Å². The number of sulfone groups is 1. The lowest BCUT2D eigenvalue weighted by molar-refractivity contribution is 0.246. The first-order chi connectivity index (χ1) is 17.5. The molecule has 37 heavy (non-hydrogen) atoms. The maximum atomic E-state index is 12.4. The number of amides is 2. The van der Waals surface area contributed by atoms with Gasteiger partial charge in [-0.05, 0) is 67.8 Å². The van der Waals surface area contributed by atoms with Crippen LogP contribution in [0.3, 0.4) is 0 Å². The third kappa shape index (κ3) is 6.05. The van der Waals surface area contributed by atoms with Crippen molar-refractivity contribution in [2.75, 3.05) is 23.0 Å². The number of rotatable bonds is 8. The highest BCUT2D eigenvalue weighted by molar-refractivity contribution is 7.90. The molecule has 1 atom stereocenters. The Bertz CT molecular complexity index is 1500. The van der Waals surface area contributed by atoms with Crippen LogP contribution in [0.2, 0.25) is 0 Å². The first-order valence-electron chi connectivity index (χ1n) is 11.8. The first kappa shape index (κ1) is 26.5. The minimum Gasteiger partial charge on any atom is -0.363 e. The van der Waals surface area contributed by atoms with Crippen LogP contribution in [-0.4, -0.2) is 41.8 Å². The molecular weight excluding hydrogens is 512 g/mol. The van der Waals surface area contributed by atoms with Gasteiger partial charge in [-0.25, -0.2) is 26.4 Å². The van der Waals surface area contributed by atoms with Crippen molar-refractivity contribution in [1.82, 2.24) is 10.0 Å². The molecule has 11 heteroatoms. The van der Waals surface area contributed by atoms with Crippen molar-refractivity contribution >= 4 is 43.0 Å². The molecule has 2 amide bonds. The molecule has 196 valence electrons. The summed E-state index contributed by atoms with van der Waals surface area (Å²) in [6.07, 6.45) is 2.48. The summed E-state index contributed by atoms with van der Waals surface area (Å²) in [5, 5.41) is 6.01. The van der Waals surface area contributed by atoms with Crippen molar-refractivity contribution < 1.29 is 21.6 Å². The maximum Gasteiger partial charge on any atom is 0.328 e. The van der Waals surface area contributed by atoms with E-state index < -0.39 is 25.9 Å². The quantitative estimate of drug-likeness (QED) is 0.394. The normalized spacial score (nSPS) is 15.1. The zero-order chi connectivity index (χ0) is 26.8. The lowest BCUT2D eigenvalue weighted by Crippen LogP contribution is -2.40. The second-order valence-electron chi connectivity index (χ2n) is 8.98. The molecule has 0 aliphatic carbocycles. The van der Waals surface area contributed by atoms with Gasteiger partial charge >= 0.3 is 6.03 Å². The van der Waals surface area contributed by atoms with Gasteiger partial charge in [0.25, 0.3) is 10.0 Å². The van der Waals surface area contributed by atoms with E-state index in [1.807, 2.05) is 35.9 Å². The predicted molar refractivity (Wildman–Crippen MR) is 144 cm³/mol. The van der Waals surface area contributed by atoms with E-state index in [1.165, 1.54) is 18.4 Å². The molecule has 0 spiro atoms. The van der Waals surface area contributed by atoms with E-state index in [0.717, 1.165) is 34.6 Å². The average molecular weight is 543 g/mol. The van der Waals surface area contributed by atoms with Crippen LogP contribution in [0.25, 0.3) is 0 Å². The van der Waals surface area contributed by atoms with Gasteiger partial charge < -0.3 is 15.5 Å². The van der Waals surface area contributed by atoms with Gasteiger partial charge in [-0.3, -0.25) is 0 Å². The topological polar surface area (TPSA) is 125 Å². The second kappa shape index (κ2) is 10.4. The number of hydrogen-bond acceptors (Lipinski definition) is 7. The van der Waals surface area contributed by atoms with Crippen LogP contribution >= 0.6 is 0 Å². The summed E-state index contributed by atoms with van der Waals surface area (Å²) in [5.74, 6) is 0. The van der Waals surface area contributed by atoms with Gasteiger partial charge in [0.15, 0.2) is 9.84 Å². The second-order valence-corrected chi connectivity index (χ2v) is 12.7. The van der Waals surface area contributed by atoms with Crippen molar-refractivity contribution in [3.8, 4) is 0 Å². The number of urea groups is 1. The van der Waals surface area contributed by atoms with Crippen molar-refractivity contribution in [1.29, 1.82) is 0 Å². The third-order valence-electron chi connectivity index (χ3n) is 6.15. The maximum absolute atomic E-state index is 12.4. The predicted octanol–water partition coefficient (Wildman–Crippen LogP) is 3.93. The molecule has 1 aliphatic rings. The Morgan fingerprint density at radius 1 is 0.946 bits per heavy atom. The van der Waals surface area contributed by atoms with E-state index >= 15 is 0 Å². The van der Waals surface area contributed by atoms with Crippen LogP contribution in [0.1, 0.15) is 24.5 Å². The Balaban J connectivity index is 1.39. The zero-order valence-electron chi connectivity index (χ0n) is 20.9. The molecule has 1 heterocycles. The molecule has 3 aromatic rings. The standard InChI is InChI=1S/C26H30N4O5S2/c1-4-25-28-23-14-13-22(36(3,32)33)17-24(23)30(25)20-9-7-19(8-10-20)15-16-27-26(31)29-37(34,35)21-11-5-18(2)6-12-21/h5-14,17,25,28H,4,15-16H2,1-3H3,(H2,27,29,31). The van der Waals surface area contributed by atoms with E-state index in [-0.39, 0.29) is 22.5 Å². The zero-order valence-corrected chi connectivity index (χ0v) is 22.5. The molecule has 0 fully saturated rings. The van der Waals surface area contributed by atoms with Crippen molar-refractivity contribution in [3.05, 3.63) is 77.9 Å². The van der Waals surface area contributed by atoms with E-state index in [1.54, 1.807) is 30.3 Å². The van der Waals surface area contributed by atoms with Gasteiger partial charge in [-0.1, -0.05) is 36.8 Å². The van der Waals surface area contributed by atoms with Crippen molar-refractivity contribution in [2.24, 2.45) is 0 Å². The van der Waals surface area contributed by atoms with Gasteiger partial charge in [0, 0.05) is 18.5 Å². The minimum atomic E-state index is -3.94. The number of carbonyl (C=O) groups is 1. The minimum absolute atomic E-state index is 0.0171. The fourth-order valence-corrected chi connectivity index (χ4v) is 5.73. The summed E-state index contributed by atoms with van der Waals surface area (Å²) in [5.41, 5.74) is 4.46. The molecule has 0 radical (unpaired) electrons. The molecule has 0 saturated heterocycles. The monoisotopic (exact) mass is 542 g/mol. The number of carbonyl (C=O) groups excluding carboxylic acids is 1. The molecule has 0 aromatic heterocycles. The Kier molecular flexibility index (Phi) is 7.47. The lowest BCUT2D eigenvalue weighted by atomic mass is 10.1. The fraction of sp³-hybridized carbons (Fsp3) is 0.269. The SMILES string of the molecule is CCC1Nc2ccc(S(C)(=O)=O)cc2N1c1ccc(CCNC(=O)NS(=O)(=O)c2ccc(C)cc2)cc1. The number of sulfonamides is 1. The van der Waals surface area contributed by atoms with Crippen LogP contribution in [0, 0.1) is 6.92 Å². The number of anilines is 3. The van der Waals surface area contributed by atoms with E-state index in [0.29, 0.717) is 6.42 Å². The summed E-state index contributed by atoms with van der Waals surface area (Å²) < 4.78 is 50.9. The first-order valence-corrected chi connectivity index (χ1v) is 15.2. The molecule has 3 N–H and O–H groups in total. The van der Waals surface area contributed by atoms with Crippen molar-refractivity contribution in [2.45, 2.75) is 42.6 Å². The molecule has 3 aromatic carbocycles. The Morgan fingerprint density at radius 2 is 1.59 bits per heavy atom. The highest BCUT2D eigenvalue weighted by Crippen LogP contribution is 2.42. The van der Waals surface area contributed by atoms with E-state index in [2.05, 4.69) is 22.5 Å². The summed E-state index contributed by atoms with van der Waals surface area (Å²) >= 11 is 0. The van der Waals surface area contributed by atoms with Crippen LogP contribution in [0.5, 0.6) is 0 Å². The number of nitrogens with one attached hydrogen (secondary N) is 3. The van der Waals surface area contributed by atoms with E-state index in [4.69, 9.17) is 0 Å². The highest BCUT2D eigenvalue weighted by Gasteiger charge is 2.29. The number of fused-ring (bicyclic) bond motifs is 1. The summed E-state index contributed by atoms with van der Waals surface area (Å²) in [4.78, 5) is 14.5. The van der Waals surface area contributed by atoms with Crippen LogP contribution in [0.15, 0.2) is 76.5 Å². The Labute approximate surface area is 217 Å². The highest BCUT2D eigenvalue weighted by atomic mass is 32.2. The summed E-state index contributed by atoms with van der Waals surface area (Å²) in [6.45, 7) is 4.15. The largest absolute Gasteiger partial charge is 0.363 e. The van der Waals surface area contributed by atoms with Crippen LogP contribution in [0.4, 0.5) is 21.9 Å². The molecule has 0 bridgehead atoms. The van der Waals surface area contributed by atoms with Gasteiger partial charge in [0.05, 0.1) is 21.2 Å². The van der Waals surface area contributed by atoms with E-state index in [9.17, 15) is 21.6 Å². The molecule has 1 unspecified atom stereocenters. The summed E-state index contributed by atoms with van der Waals surface area (Å²) in [7, 11) is -7.28. The fourth-order valence-electron chi connectivity index (χ4n) is 4.16. The number of hydrogen-bond donors (Lipinski definition) is 3. The number of aryl methyl sites for hydroxylation is 1. The molecule has 9 nitrogen and oxygen atoms in total. The van der Waals surface area contributed by atoms with Crippen LogP contribution < -0.4 is 20.3 Å². The lowest BCUT2D eigenvalue weighted by Gasteiger charge is -2.26. The Morgan fingerprint density at radius 3 is 2.22 bits per heavy atom. The number of nitrogens with zero attached hydrogens (tertiary/aromatic N) is 1. The smallest absolute Gasteiger partial charge is 0.328 e. The van der Waals surface area contributed by atoms with Gasteiger partial charge in [0.1, 0.15) is 6.17 Å². The Hall–Kier alpha value is -3.57.